The normalized spacial score (nSPS) is 26.3. The van der Waals surface area contributed by atoms with Crippen LogP contribution >= 0.6 is 11.6 Å². The van der Waals surface area contributed by atoms with Gasteiger partial charge in [0.2, 0.25) is 5.91 Å². The first-order chi connectivity index (χ1) is 10.0. The molecule has 2 aliphatic carbocycles. The van der Waals surface area contributed by atoms with Gasteiger partial charge in [0.15, 0.2) is 0 Å². The van der Waals surface area contributed by atoms with Crippen molar-refractivity contribution in [3.05, 3.63) is 34.9 Å². The molecular formula is C16H18ClNO3. The molecule has 0 saturated heterocycles. The van der Waals surface area contributed by atoms with Crippen molar-refractivity contribution in [2.75, 3.05) is 0 Å². The summed E-state index contributed by atoms with van der Waals surface area (Å²) < 4.78 is 0. The number of aliphatic carboxylic acids is 1. The molecule has 112 valence electrons. The zero-order valence-corrected chi connectivity index (χ0v) is 12.4. The Labute approximate surface area is 128 Å². The lowest BCUT2D eigenvalue weighted by Gasteiger charge is -2.31. The molecule has 2 saturated carbocycles. The van der Waals surface area contributed by atoms with E-state index in [4.69, 9.17) is 16.7 Å². The summed E-state index contributed by atoms with van der Waals surface area (Å²) in [6.45, 7) is 0. The summed E-state index contributed by atoms with van der Waals surface area (Å²) in [5.41, 5.74) is 0.640. The Bertz CT molecular complexity index is 581. The highest BCUT2D eigenvalue weighted by Crippen LogP contribution is 2.43. The highest BCUT2D eigenvalue weighted by atomic mass is 35.5. The Morgan fingerprint density at radius 2 is 1.95 bits per heavy atom. The van der Waals surface area contributed by atoms with E-state index in [-0.39, 0.29) is 17.4 Å². The molecule has 3 rings (SSSR count). The summed E-state index contributed by atoms with van der Waals surface area (Å²) in [5.74, 6) is -1.90. The minimum absolute atomic E-state index is 0.135. The number of carboxylic acid groups (broad SMARTS) is 1. The van der Waals surface area contributed by atoms with E-state index < -0.39 is 11.9 Å². The molecule has 0 bridgehead atoms. The van der Waals surface area contributed by atoms with Gasteiger partial charge in [-0.25, -0.2) is 0 Å². The minimum atomic E-state index is -0.877. The third-order valence-electron chi connectivity index (χ3n) is 4.64. The highest BCUT2D eigenvalue weighted by molar-refractivity contribution is 6.30. The Morgan fingerprint density at radius 1 is 1.24 bits per heavy atom. The maximum absolute atomic E-state index is 12.3. The van der Waals surface area contributed by atoms with Crippen LogP contribution in [0.4, 0.5) is 0 Å². The third-order valence-corrected chi connectivity index (χ3v) is 4.88. The molecule has 0 aromatic heterocycles. The molecule has 0 heterocycles. The van der Waals surface area contributed by atoms with Crippen LogP contribution < -0.4 is 5.32 Å². The standard InChI is InChI=1S/C16H18ClNO3/c17-11-5-3-4-10(8-11)16(6-1-2-7-16)18-14(19)12-9-13(12)15(20)21/h3-5,8,12-13H,1-2,6-7,9H2,(H,18,19)(H,20,21). The van der Waals surface area contributed by atoms with E-state index in [0.29, 0.717) is 11.4 Å². The van der Waals surface area contributed by atoms with Gasteiger partial charge in [-0.3, -0.25) is 9.59 Å². The summed E-state index contributed by atoms with van der Waals surface area (Å²) in [4.78, 5) is 23.2. The van der Waals surface area contributed by atoms with Crippen LogP contribution in [0.5, 0.6) is 0 Å². The van der Waals surface area contributed by atoms with Crippen LogP contribution in [0, 0.1) is 11.8 Å². The second-order valence-electron chi connectivity index (χ2n) is 6.08. The molecule has 4 nitrogen and oxygen atoms in total. The van der Waals surface area contributed by atoms with Gasteiger partial charge in [0.1, 0.15) is 0 Å². The van der Waals surface area contributed by atoms with Gasteiger partial charge in [-0.1, -0.05) is 36.6 Å². The van der Waals surface area contributed by atoms with Gasteiger partial charge in [0.25, 0.3) is 0 Å². The van der Waals surface area contributed by atoms with Gasteiger partial charge < -0.3 is 10.4 Å². The molecule has 2 aliphatic rings. The van der Waals surface area contributed by atoms with Gasteiger partial charge in [-0.15, -0.1) is 0 Å². The zero-order valence-electron chi connectivity index (χ0n) is 11.6. The van der Waals surface area contributed by atoms with Crippen LogP contribution in [0.1, 0.15) is 37.7 Å². The molecule has 2 fully saturated rings. The maximum Gasteiger partial charge on any atom is 0.307 e. The Balaban J connectivity index is 1.79. The van der Waals surface area contributed by atoms with Crippen LogP contribution in [-0.4, -0.2) is 17.0 Å². The molecule has 0 aliphatic heterocycles. The molecule has 1 amide bonds. The summed E-state index contributed by atoms with van der Waals surface area (Å²) in [6.07, 6.45) is 4.32. The molecular weight excluding hydrogens is 290 g/mol. The van der Waals surface area contributed by atoms with Gasteiger partial charge in [0.05, 0.1) is 17.4 Å². The quantitative estimate of drug-likeness (QED) is 0.898. The number of hydrogen-bond acceptors (Lipinski definition) is 2. The molecule has 0 spiro atoms. The molecule has 2 N–H and O–H groups in total. The zero-order chi connectivity index (χ0) is 15.0. The lowest BCUT2D eigenvalue weighted by atomic mass is 9.88. The van der Waals surface area contributed by atoms with Crippen LogP contribution in [-0.2, 0) is 15.1 Å². The SMILES string of the molecule is O=C(O)C1CC1C(=O)NC1(c2cccc(Cl)c2)CCCC1. The summed E-state index contributed by atoms with van der Waals surface area (Å²) in [7, 11) is 0. The van der Waals surface area contributed by atoms with Crippen molar-refractivity contribution >= 4 is 23.5 Å². The molecule has 5 heteroatoms. The lowest BCUT2D eigenvalue weighted by molar-refractivity contribution is -0.140. The number of hydrogen-bond donors (Lipinski definition) is 2. The first-order valence-corrected chi connectivity index (χ1v) is 7.70. The van der Waals surface area contributed by atoms with Crippen LogP contribution in [0.2, 0.25) is 5.02 Å². The number of carbonyl (C=O) groups is 2. The number of carbonyl (C=O) groups excluding carboxylic acids is 1. The van der Waals surface area contributed by atoms with Crippen LogP contribution in [0.3, 0.4) is 0 Å². The summed E-state index contributed by atoms with van der Waals surface area (Å²) >= 11 is 6.07. The number of nitrogens with one attached hydrogen (secondary N) is 1. The van der Waals surface area contributed by atoms with Crippen molar-refractivity contribution in [2.45, 2.75) is 37.6 Å². The third kappa shape index (κ3) is 2.77. The predicted octanol–water partition coefficient (Wildman–Crippen LogP) is 2.95. The number of benzene rings is 1. The van der Waals surface area contributed by atoms with Crippen molar-refractivity contribution < 1.29 is 14.7 Å². The Morgan fingerprint density at radius 3 is 2.52 bits per heavy atom. The van der Waals surface area contributed by atoms with E-state index >= 15 is 0 Å². The fraction of sp³-hybridized carbons (Fsp3) is 0.500. The fourth-order valence-corrected chi connectivity index (χ4v) is 3.53. The van der Waals surface area contributed by atoms with E-state index in [0.717, 1.165) is 31.2 Å². The van der Waals surface area contributed by atoms with Crippen molar-refractivity contribution in [3.8, 4) is 0 Å². The van der Waals surface area contributed by atoms with E-state index in [9.17, 15) is 9.59 Å². The highest BCUT2D eigenvalue weighted by Gasteiger charge is 2.50. The maximum atomic E-state index is 12.3. The monoisotopic (exact) mass is 307 g/mol. The van der Waals surface area contributed by atoms with Crippen LogP contribution in [0.25, 0.3) is 0 Å². The van der Waals surface area contributed by atoms with Crippen molar-refractivity contribution in [2.24, 2.45) is 11.8 Å². The van der Waals surface area contributed by atoms with Crippen molar-refractivity contribution in [1.82, 2.24) is 5.32 Å². The summed E-state index contributed by atoms with van der Waals surface area (Å²) in [5, 5.41) is 12.7. The van der Waals surface area contributed by atoms with E-state index in [1.807, 2.05) is 24.3 Å². The minimum Gasteiger partial charge on any atom is -0.481 e. The Hall–Kier alpha value is -1.55. The Kier molecular flexibility index (Phi) is 3.66. The van der Waals surface area contributed by atoms with Crippen molar-refractivity contribution in [3.63, 3.8) is 0 Å². The van der Waals surface area contributed by atoms with Gasteiger partial charge >= 0.3 is 5.97 Å². The average molecular weight is 308 g/mol. The molecule has 1 aromatic carbocycles. The molecule has 21 heavy (non-hydrogen) atoms. The van der Waals surface area contributed by atoms with Crippen molar-refractivity contribution in [1.29, 1.82) is 0 Å². The molecule has 1 aromatic rings. The smallest absolute Gasteiger partial charge is 0.307 e. The van der Waals surface area contributed by atoms with E-state index in [1.54, 1.807) is 0 Å². The lowest BCUT2D eigenvalue weighted by Crippen LogP contribution is -2.44. The fourth-order valence-electron chi connectivity index (χ4n) is 3.34. The van der Waals surface area contributed by atoms with Crippen LogP contribution in [0.15, 0.2) is 24.3 Å². The number of rotatable bonds is 4. The van der Waals surface area contributed by atoms with Gasteiger partial charge in [0, 0.05) is 5.02 Å². The number of amides is 1. The first kappa shape index (κ1) is 14.4. The number of halogens is 1. The largest absolute Gasteiger partial charge is 0.481 e. The molecule has 0 radical (unpaired) electrons. The van der Waals surface area contributed by atoms with Gasteiger partial charge in [-0.05, 0) is 37.0 Å². The van der Waals surface area contributed by atoms with E-state index in [2.05, 4.69) is 5.32 Å². The first-order valence-electron chi connectivity index (χ1n) is 7.33. The molecule has 2 unspecified atom stereocenters. The van der Waals surface area contributed by atoms with E-state index in [1.165, 1.54) is 0 Å². The second-order valence-corrected chi connectivity index (χ2v) is 6.51. The summed E-state index contributed by atoms with van der Waals surface area (Å²) in [6, 6.07) is 7.59. The predicted molar refractivity (Wildman–Crippen MR) is 79.0 cm³/mol. The number of carboxylic acids is 1. The molecule has 2 atom stereocenters. The van der Waals surface area contributed by atoms with Gasteiger partial charge in [-0.2, -0.15) is 0 Å². The average Bonchev–Trinajstić information content (AvgIpc) is 3.13. The topological polar surface area (TPSA) is 66.4 Å². The second kappa shape index (κ2) is 5.34.